The van der Waals surface area contributed by atoms with Gasteiger partial charge in [-0.1, -0.05) is 18.5 Å². The number of phenols is 1. The number of amides is 1. The topological polar surface area (TPSA) is 55.8 Å². The third kappa shape index (κ3) is 6.10. The molecule has 0 bridgehead atoms. The molecule has 6 heteroatoms. The second-order valence-electron chi connectivity index (χ2n) is 8.26. The number of carbonyl (C=O) groups excluding carboxylic acids is 1. The van der Waals surface area contributed by atoms with Gasteiger partial charge in [-0.05, 0) is 82.4 Å². The molecule has 3 rings (SSSR count). The average Bonchev–Trinajstić information content (AvgIpc) is 3.16. The molecule has 1 aromatic rings. The largest absolute Gasteiger partial charge is 0.508 e. The van der Waals surface area contributed by atoms with Crippen LogP contribution in [0.3, 0.4) is 0 Å². The van der Waals surface area contributed by atoms with Crippen molar-refractivity contribution in [2.24, 2.45) is 5.92 Å². The molecule has 0 spiro atoms. The van der Waals surface area contributed by atoms with Crippen LogP contribution >= 0.6 is 11.6 Å². The molecule has 28 heavy (non-hydrogen) atoms. The number of nitrogens with one attached hydrogen (secondary N) is 1. The molecule has 2 fully saturated rings. The van der Waals surface area contributed by atoms with E-state index in [1.54, 1.807) is 12.1 Å². The summed E-state index contributed by atoms with van der Waals surface area (Å²) in [7, 11) is 0. The van der Waals surface area contributed by atoms with Crippen LogP contribution in [0.5, 0.6) is 5.75 Å². The normalized spacial score (nSPS) is 21.9. The van der Waals surface area contributed by atoms with Crippen molar-refractivity contribution in [1.82, 2.24) is 15.1 Å². The molecule has 2 saturated heterocycles. The smallest absolute Gasteiger partial charge is 0.220 e. The Kier molecular flexibility index (Phi) is 8.00. The van der Waals surface area contributed by atoms with Crippen molar-refractivity contribution >= 4 is 17.5 Å². The zero-order valence-electron chi connectivity index (χ0n) is 17.0. The van der Waals surface area contributed by atoms with E-state index >= 15 is 0 Å². The maximum absolute atomic E-state index is 12.2. The van der Waals surface area contributed by atoms with E-state index < -0.39 is 0 Å². The van der Waals surface area contributed by atoms with Crippen molar-refractivity contribution in [2.45, 2.75) is 58.0 Å². The first-order valence-corrected chi connectivity index (χ1v) is 11.1. The lowest BCUT2D eigenvalue weighted by atomic mass is 9.92. The standard InChI is InChI=1S/C22H34ClN3O2/c1-2-26-11-3-4-20(26)15-24-22(28)8-5-17-9-12-25(13-10-17)16-18-14-19(23)6-7-21(18)27/h6-7,14,17,20,27H,2-5,8-13,15-16H2,1H3,(H,24,28). The summed E-state index contributed by atoms with van der Waals surface area (Å²) >= 11 is 6.04. The number of phenolic OH excluding ortho intramolecular Hbond substituents is 1. The molecule has 0 aliphatic carbocycles. The number of likely N-dealkylation sites (tertiary alicyclic amines) is 2. The van der Waals surface area contributed by atoms with Gasteiger partial charge >= 0.3 is 0 Å². The molecule has 1 amide bonds. The third-order valence-corrected chi connectivity index (χ3v) is 6.60. The summed E-state index contributed by atoms with van der Waals surface area (Å²) in [6, 6.07) is 5.75. The molecular formula is C22H34ClN3O2. The minimum atomic E-state index is 0.203. The highest BCUT2D eigenvalue weighted by Gasteiger charge is 2.24. The SMILES string of the molecule is CCN1CCCC1CNC(=O)CCC1CCN(Cc2cc(Cl)ccc2O)CC1. The number of hydrogen-bond acceptors (Lipinski definition) is 4. The zero-order chi connectivity index (χ0) is 19.9. The van der Waals surface area contributed by atoms with Gasteiger partial charge < -0.3 is 10.4 Å². The van der Waals surface area contributed by atoms with Crippen LogP contribution in [0.2, 0.25) is 5.02 Å². The quantitative estimate of drug-likeness (QED) is 0.690. The molecule has 1 atom stereocenters. The van der Waals surface area contributed by atoms with E-state index in [-0.39, 0.29) is 5.91 Å². The fraction of sp³-hybridized carbons (Fsp3) is 0.682. The van der Waals surface area contributed by atoms with Gasteiger partial charge in [0, 0.05) is 36.1 Å². The van der Waals surface area contributed by atoms with Gasteiger partial charge in [0.25, 0.3) is 0 Å². The summed E-state index contributed by atoms with van der Waals surface area (Å²) in [6.07, 6.45) is 6.29. The Hall–Kier alpha value is -1.30. The second-order valence-corrected chi connectivity index (χ2v) is 8.70. The van der Waals surface area contributed by atoms with E-state index in [0.717, 1.165) is 57.5 Å². The highest BCUT2D eigenvalue weighted by Crippen LogP contribution is 2.27. The Morgan fingerprint density at radius 2 is 2.04 bits per heavy atom. The van der Waals surface area contributed by atoms with Gasteiger partial charge in [0.05, 0.1) is 0 Å². The van der Waals surface area contributed by atoms with Crippen LogP contribution in [0.1, 0.15) is 51.0 Å². The Morgan fingerprint density at radius 3 is 2.79 bits per heavy atom. The van der Waals surface area contributed by atoms with Crippen LogP contribution in [0.15, 0.2) is 18.2 Å². The van der Waals surface area contributed by atoms with Crippen molar-refractivity contribution in [3.8, 4) is 5.75 Å². The lowest BCUT2D eigenvalue weighted by molar-refractivity contribution is -0.121. The Balaban J connectivity index is 1.33. The van der Waals surface area contributed by atoms with Gasteiger partial charge in [0.1, 0.15) is 5.75 Å². The fourth-order valence-corrected chi connectivity index (χ4v) is 4.75. The summed E-state index contributed by atoms with van der Waals surface area (Å²) < 4.78 is 0. The summed E-state index contributed by atoms with van der Waals surface area (Å²) in [5.41, 5.74) is 0.887. The Morgan fingerprint density at radius 1 is 1.25 bits per heavy atom. The molecule has 2 N–H and O–H groups in total. The predicted octanol–water partition coefficient (Wildman–Crippen LogP) is 3.64. The number of hydrogen-bond donors (Lipinski definition) is 2. The molecule has 2 heterocycles. The summed E-state index contributed by atoms with van der Waals surface area (Å²) in [6.45, 7) is 7.98. The number of halogens is 1. The van der Waals surface area contributed by atoms with Gasteiger partial charge in [-0.3, -0.25) is 14.6 Å². The van der Waals surface area contributed by atoms with E-state index in [4.69, 9.17) is 11.6 Å². The Labute approximate surface area is 174 Å². The molecule has 5 nitrogen and oxygen atoms in total. The molecule has 0 aromatic heterocycles. The first kappa shape index (κ1) is 21.4. The number of benzene rings is 1. The second kappa shape index (κ2) is 10.5. The van der Waals surface area contributed by atoms with E-state index in [2.05, 4.69) is 22.0 Å². The molecule has 1 unspecified atom stereocenters. The number of rotatable bonds is 8. The monoisotopic (exact) mass is 407 g/mol. The number of piperidine rings is 1. The van der Waals surface area contributed by atoms with Gasteiger partial charge in [0.2, 0.25) is 5.91 Å². The van der Waals surface area contributed by atoms with Crippen molar-refractivity contribution in [3.63, 3.8) is 0 Å². The van der Waals surface area contributed by atoms with Gasteiger partial charge in [-0.25, -0.2) is 0 Å². The lowest BCUT2D eigenvalue weighted by Gasteiger charge is -2.32. The minimum absolute atomic E-state index is 0.203. The molecule has 0 radical (unpaired) electrons. The predicted molar refractivity (Wildman–Crippen MR) is 114 cm³/mol. The molecule has 2 aliphatic heterocycles. The maximum atomic E-state index is 12.2. The fourth-order valence-electron chi connectivity index (χ4n) is 4.55. The first-order valence-electron chi connectivity index (χ1n) is 10.8. The van der Waals surface area contributed by atoms with Crippen LogP contribution in [0, 0.1) is 5.92 Å². The number of nitrogens with zero attached hydrogens (tertiary/aromatic N) is 2. The van der Waals surface area contributed by atoms with Crippen molar-refractivity contribution in [3.05, 3.63) is 28.8 Å². The van der Waals surface area contributed by atoms with E-state index in [1.165, 1.54) is 19.4 Å². The van der Waals surface area contributed by atoms with Crippen LogP contribution in [-0.4, -0.2) is 59.6 Å². The van der Waals surface area contributed by atoms with Crippen LogP contribution in [0.25, 0.3) is 0 Å². The number of carbonyl (C=O) groups is 1. The number of aromatic hydroxyl groups is 1. The van der Waals surface area contributed by atoms with Gasteiger partial charge in [0.15, 0.2) is 0 Å². The van der Waals surface area contributed by atoms with Gasteiger partial charge in [-0.15, -0.1) is 0 Å². The molecule has 0 saturated carbocycles. The Bertz CT molecular complexity index is 647. The molecular weight excluding hydrogens is 374 g/mol. The molecule has 156 valence electrons. The zero-order valence-corrected chi connectivity index (χ0v) is 17.8. The maximum Gasteiger partial charge on any atom is 0.220 e. The van der Waals surface area contributed by atoms with Crippen molar-refractivity contribution in [1.29, 1.82) is 0 Å². The van der Waals surface area contributed by atoms with Crippen LogP contribution in [0.4, 0.5) is 0 Å². The van der Waals surface area contributed by atoms with E-state index in [1.807, 2.05) is 6.07 Å². The summed E-state index contributed by atoms with van der Waals surface area (Å²) in [5.74, 6) is 1.13. The third-order valence-electron chi connectivity index (χ3n) is 6.36. The minimum Gasteiger partial charge on any atom is -0.508 e. The van der Waals surface area contributed by atoms with Gasteiger partial charge in [-0.2, -0.15) is 0 Å². The lowest BCUT2D eigenvalue weighted by Crippen LogP contribution is -2.40. The van der Waals surface area contributed by atoms with Crippen molar-refractivity contribution < 1.29 is 9.90 Å². The number of likely N-dealkylation sites (N-methyl/N-ethyl adjacent to an activating group) is 1. The van der Waals surface area contributed by atoms with E-state index in [9.17, 15) is 9.90 Å². The molecule has 1 aromatic carbocycles. The van der Waals surface area contributed by atoms with Crippen LogP contribution < -0.4 is 5.32 Å². The summed E-state index contributed by atoms with van der Waals surface area (Å²) in [4.78, 5) is 17.1. The van der Waals surface area contributed by atoms with E-state index in [0.29, 0.717) is 29.2 Å². The van der Waals surface area contributed by atoms with Crippen LogP contribution in [-0.2, 0) is 11.3 Å². The highest BCUT2D eigenvalue weighted by molar-refractivity contribution is 6.30. The first-order chi connectivity index (χ1) is 13.5. The highest BCUT2D eigenvalue weighted by atomic mass is 35.5. The average molecular weight is 408 g/mol. The summed E-state index contributed by atoms with van der Waals surface area (Å²) in [5, 5.41) is 13.8. The molecule has 2 aliphatic rings. The van der Waals surface area contributed by atoms with Crippen molar-refractivity contribution in [2.75, 3.05) is 32.7 Å².